The second-order valence-electron chi connectivity index (χ2n) is 9.08. The lowest BCUT2D eigenvalue weighted by Crippen LogP contribution is -2.54. The zero-order valence-corrected chi connectivity index (χ0v) is 24.9. The van der Waals surface area contributed by atoms with Crippen molar-refractivity contribution < 1.29 is 33.6 Å². The Kier molecular flexibility index (Phi) is 9.20. The van der Waals surface area contributed by atoms with Crippen molar-refractivity contribution in [3.63, 3.8) is 0 Å². The minimum atomic E-state index is -0.983. The van der Waals surface area contributed by atoms with Crippen LogP contribution in [-0.4, -0.2) is 41.9 Å². The Morgan fingerprint density at radius 1 is 1.10 bits per heavy atom. The van der Waals surface area contributed by atoms with E-state index >= 15 is 0 Å². The molecule has 216 valence electrons. The fourth-order valence-electron chi connectivity index (χ4n) is 4.07. The van der Waals surface area contributed by atoms with E-state index in [4.69, 9.17) is 9.47 Å². The van der Waals surface area contributed by atoms with E-state index in [9.17, 15) is 29.3 Å². The average Bonchev–Trinajstić information content (AvgIpc) is 2.93. The van der Waals surface area contributed by atoms with Crippen molar-refractivity contribution in [2.24, 2.45) is 0 Å². The second-order valence-corrected chi connectivity index (χ2v) is 10.2. The monoisotopic (exact) mass is 684 g/mol. The molecule has 12 nitrogen and oxygen atoms in total. The Morgan fingerprint density at radius 2 is 1.81 bits per heavy atom. The molecule has 0 aliphatic carbocycles. The van der Waals surface area contributed by atoms with Crippen molar-refractivity contribution in [2.75, 3.05) is 23.4 Å². The summed E-state index contributed by atoms with van der Waals surface area (Å²) in [6.07, 6.45) is 1.30. The highest BCUT2D eigenvalue weighted by Gasteiger charge is 2.37. The lowest BCUT2D eigenvalue weighted by Gasteiger charge is -2.26. The van der Waals surface area contributed by atoms with Crippen LogP contribution in [0.1, 0.15) is 23.6 Å². The van der Waals surface area contributed by atoms with Gasteiger partial charge in [-0.15, -0.1) is 0 Å². The number of barbiturate groups is 1. The van der Waals surface area contributed by atoms with E-state index in [-0.39, 0.29) is 41.8 Å². The summed E-state index contributed by atoms with van der Waals surface area (Å²) in [5.74, 6) is -1.59. The van der Waals surface area contributed by atoms with E-state index in [0.717, 1.165) is 28.2 Å². The zero-order chi connectivity index (χ0) is 30.6. The van der Waals surface area contributed by atoms with Crippen LogP contribution in [-0.2, 0) is 14.4 Å². The number of aryl methyl sites for hydroxylation is 1. The highest BCUT2D eigenvalue weighted by molar-refractivity contribution is 14.1. The van der Waals surface area contributed by atoms with E-state index in [1.54, 1.807) is 25.1 Å². The highest BCUT2D eigenvalue weighted by atomic mass is 127. The molecular weight excluding hydrogens is 659 g/mol. The van der Waals surface area contributed by atoms with Gasteiger partial charge in [0.1, 0.15) is 5.57 Å². The van der Waals surface area contributed by atoms with Gasteiger partial charge in [0.2, 0.25) is 0 Å². The summed E-state index contributed by atoms with van der Waals surface area (Å²) in [6, 6.07) is 12.6. The fraction of sp³-hybridized carbons (Fsp3) is 0.172. The molecule has 0 aromatic heterocycles. The molecule has 0 unspecified atom stereocenters. The summed E-state index contributed by atoms with van der Waals surface area (Å²) < 4.78 is 12.1. The number of halogens is 1. The molecule has 3 aromatic carbocycles. The smallest absolute Gasteiger partial charge is 0.335 e. The summed E-state index contributed by atoms with van der Waals surface area (Å²) in [7, 11) is 0. The van der Waals surface area contributed by atoms with Crippen molar-refractivity contribution in [3.8, 4) is 11.5 Å². The first-order valence-corrected chi connectivity index (χ1v) is 13.7. The molecule has 0 saturated carbocycles. The molecular formula is C29H25IN4O8. The van der Waals surface area contributed by atoms with Crippen molar-refractivity contribution in [1.29, 1.82) is 0 Å². The maximum atomic E-state index is 13.2. The van der Waals surface area contributed by atoms with Crippen LogP contribution in [0.15, 0.2) is 60.2 Å². The number of imide groups is 2. The van der Waals surface area contributed by atoms with Gasteiger partial charge in [-0.1, -0.05) is 12.1 Å². The number of benzene rings is 3. The first kappa shape index (κ1) is 30.2. The van der Waals surface area contributed by atoms with Gasteiger partial charge in [0.15, 0.2) is 18.1 Å². The van der Waals surface area contributed by atoms with E-state index in [2.05, 4.69) is 10.6 Å². The SMILES string of the molecule is CCOc1cc(/C=C2/C(=O)NC(=O)N(c3ccc([N+](=O)[O-])cc3)C2=O)cc(I)c1OCC(=O)Nc1cccc(C)c1C. The van der Waals surface area contributed by atoms with Crippen molar-refractivity contribution in [3.05, 3.63) is 90.5 Å². The molecule has 0 spiro atoms. The van der Waals surface area contributed by atoms with Crippen LogP contribution in [0, 0.1) is 27.5 Å². The molecule has 4 rings (SSSR count). The normalized spacial score (nSPS) is 14.0. The fourth-order valence-corrected chi connectivity index (χ4v) is 4.85. The number of nitro benzene ring substituents is 1. The Labute approximate surface area is 254 Å². The number of nitro groups is 1. The average molecular weight is 684 g/mol. The summed E-state index contributed by atoms with van der Waals surface area (Å²) in [6.45, 7) is 5.60. The number of hydrogen-bond donors (Lipinski definition) is 2. The van der Waals surface area contributed by atoms with E-state index in [1.807, 2.05) is 48.6 Å². The number of urea groups is 1. The number of ether oxygens (including phenoxy) is 2. The van der Waals surface area contributed by atoms with Gasteiger partial charge in [-0.05, 0) is 96.5 Å². The maximum absolute atomic E-state index is 13.2. The first-order chi connectivity index (χ1) is 20.0. The molecule has 3 aromatic rings. The van der Waals surface area contributed by atoms with Gasteiger partial charge in [-0.25, -0.2) is 9.69 Å². The first-order valence-electron chi connectivity index (χ1n) is 12.6. The summed E-state index contributed by atoms with van der Waals surface area (Å²) in [4.78, 5) is 62.1. The maximum Gasteiger partial charge on any atom is 0.335 e. The standard InChI is InChI=1S/C29H25IN4O8/c1-4-41-24-14-18(13-22(30)26(24)42-15-25(35)31-23-7-5-6-16(2)17(23)3)12-21-27(36)32-29(38)33(28(21)37)19-8-10-20(11-9-19)34(39)40/h5-14H,4,15H2,1-3H3,(H,31,35)(H,32,36,38)/b21-12-. The molecule has 1 aliphatic heterocycles. The molecule has 0 atom stereocenters. The molecule has 1 fully saturated rings. The summed E-state index contributed by atoms with van der Waals surface area (Å²) >= 11 is 1.99. The molecule has 1 saturated heterocycles. The van der Waals surface area contributed by atoms with Crippen LogP contribution in [0.3, 0.4) is 0 Å². The molecule has 5 amide bonds. The van der Waals surface area contributed by atoms with Gasteiger partial charge in [0.05, 0.1) is 20.8 Å². The number of hydrogen-bond acceptors (Lipinski definition) is 8. The topological polar surface area (TPSA) is 157 Å². The number of rotatable bonds is 9. The van der Waals surface area contributed by atoms with Crippen molar-refractivity contribution in [2.45, 2.75) is 20.8 Å². The lowest BCUT2D eigenvalue weighted by atomic mass is 10.1. The van der Waals surface area contributed by atoms with Crippen molar-refractivity contribution >= 4 is 69.5 Å². The Balaban J connectivity index is 1.58. The van der Waals surface area contributed by atoms with Gasteiger partial charge in [0.25, 0.3) is 23.4 Å². The second kappa shape index (κ2) is 12.8. The highest BCUT2D eigenvalue weighted by Crippen LogP contribution is 2.35. The molecule has 0 radical (unpaired) electrons. The van der Waals surface area contributed by atoms with Crippen LogP contribution in [0.5, 0.6) is 11.5 Å². The van der Waals surface area contributed by atoms with Crippen LogP contribution in [0.2, 0.25) is 0 Å². The quantitative estimate of drug-likeness (QED) is 0.106. The van der Waals surface area contributed by atoms with Gasteiger partial charge in [-0.3, -0.25) is 29.8 Å². The van der Waals surface area contributed by atoms with E-state index in [1.165, 1.54) is 18.2 Å². The van der Waals surface area contributed by atoms with Crippen LogP contribution >= 0.6 is 22.6 Å². The van der Waals surface area contributed by atoms with Gasteiger partial charge >= 0.3 is 6.03 Å². The lowest BCUT2D eigenvalue weighted by molar-refractivity contribution is -0.384. The third-order valence-corrected chi connectivity index (χ3v) is 7.09. The van der Waals surface area contributed by atoms with Gasteiger partial charge < -0.3 is 14.8 Å². The Morgan fingerprint density at radius 3 is 2.48 bits per heavy atom. The molecule has 1 aliphatic rings. The number of anilines is 2. The van der Waals surface area contributed by atoms with Gasteiger partial charge in [-0.2, -0.15) is 0 Å². The summed E-state index contributed by atoms with van der Waals surface area (Å²) in [5.41, 5.74) is 2.55. The Hall–Kier alpha value is -4.79. The van der Waals surface area contributed by atoms with Crippen LogP contribution < -0.4 is 25.0 Å². The van der Waals surface area contributed by atoms with Crippen LogP contribution in [0.25, 0.3) is 6.08 Å². The number of nitrogens with zero attached hydrogens (tertiary/aromatic N) is 2. The molecule has 2 N–H and O–H groups in total. The third-order valence-electron chi connectivity index (χ3n) is 6.29. The molecule has 42 heavy (non-hydrogen) atoms. The number of carbonyl (C=O) groups is 4. The predicted molar refractivity (Wildman–Crippen MR) is 162 cm³/mol. The molecule has 1 heterocycles. The zero-order valence-electron chi connectivity index (χ0n) is 22.7. The number of non-ortho nitro benzene ring substituents is 1. The van der Waals surface area contributed by atoms with Crippen molar-refractivity contribution in [1.82, 2.24) is 5.32 Å². The van der Waals surface area contributed by atoms with Gasteiger partial charge in [0, 0.05) is 17.8 Å². The number of nitrogens with one attached hydrogen (secondary N) is 2. The number of carbonyl (C=O) groups excluding carboxylic acids is 4. The largest absolute Gasteiger partial charge is 0.490 e. The van der Waals surface area contributed by atoms with E-state index < -0.39 is 22.8 Å². The number of amides is 5. The minimum absolute atomic E-state index is 0.0500. The Bertz CT molecular complexity index is 1640. The third kappa shape index (κ3) is 6.57. The van der Waals surface area contributed by atoms with E-state index in [0.29, 0.717) is 20.6 Å². The molecule has 0 bridgehead atoms. The predicted octanol–water partition coefficient (Wildman–Crippen LogP) is 4.90. The summed E-state index contributed by atoms with van der Waals surface area (Å²) in [5, 5.41) is 15.9. The van der Waals surface area contributed by atoms with Crippen LogP contribution in [0.4, 0.5) is 21.9 Å². The molecule has 13 heteroatoms. The minimum Gasteiger partial charge on any atom is -0.490 e.